The maximum atomic E-state index is 13.5. The van der Waals surface area contributed by atoms with Gasteiger partial charge in [-0.25, -0.2) is 4.39 Å². The number of rotatable bonds is 4. The highest BCUT2D eigenvalue weighted by Gasteiger charge is 2.22. The third kappa shape index (κ3) is 4.84. The molecule has 0 radical (unpaired) electrons. The number of nitrogens with zero attached hydrogens (tertiary/aromatic N) is 1. The molecule has 25 heavy (non-hydrogen) atoms. The molecular formula is C16H22Cl2FN5O. The zero-order valence-electron chi connectivity index (χ0n) is 14.0. The molecule has 0 spiro atoms. The van der Waals surface area contributed by atoms with Crippen molar-refractivity contribution < 1.29 is 9.18 Å². The number of amides is 1. The number of hydrogen-bond donors (Lipinski definition) is 4. The van der Waals surface area contributed by atoms with Gasteiger partial charge in [0, 0.05) is 36.8 Å². The van der Waals surface area contributed by atoms with Gasteiger partial charge in [-0.1, -0.05) is 0 Å². The Kier molecular flexibility index (Phi) is 7.66. The van der Waals surface area contributed by atoms with Gasteiger partial charge in [-0.05, 0) is 32.0 Å². The number of H-pyrrole nitrogens is 1. The number of aromatic amines is 1. The summed E-state index contributed by atoms with van der Waals surface area (Å²) in [6.45, 7) is 5.39. The number of hydrogen-bond acceptors (Lipinski definition) is 4. The summed E-state index contributed by atoms with van der Waals surface area (Å²) >= 11 is 0. The van der Waals surface area contributed by atoms with E-state index < -0.39 is 0 Å². The van der Waals surface area contributed by atoms with Crippen molar-refractivity contribution >= 4 is 42.1 Å². The van der Waals surface area contributed by atoms with Crippen molar-refractivity contribution in [3.05, 3.63) is 41.0 Å². The normalized spacial score (nSPS) is 12.6. The summed E-state index contributed by atoms with van der Waals surface area (Å²) in [5.41, 5.74) is 3.36. The fourth-order valence-electron chi connectivity index (χ4n) is 2.65. The Bertz CT molecular complexity index is 735. The maximum absolute atomic E-state index is 13.5. The van der Waals surface area contributed by atoms with Crippen molar-refractivity contribution in [2.75, 3.05) is 17.2 Å². The van der Waals surface area contributed by atoms with E-state index in [0.29, 0.717) is 23.6 Å². The molecule has 1 amide bonds. The molecule has 1 aromatic carbocycles. The Hall–Kier alpha value is -1.83. The van der Waals surface area contributed by atoms with E-state index in [9.17, 15) is 9.18 Å². The van der Waals surface area contributed by atoms with E-state index in [1.807, 2.05) is 13.8 Å². The second-order valence-corrected chi connectivity index (χ2v) is 5.90. The SMILES string of the molecule is CC(C)Nc1cc(F)ccc1NC(=O)c1n[nH]c2c1CNCC2.Cl.Cl. The standard InChI is InChI=1S/C16H20FN5O.2ClH/c1-9(2)19-14-7-10(17)3-4-13(14)20-16(23)15-11-8-18-6-5-12(11)21-22-15;;/h3-4,7,9,18-19H,5-6,8H2,1-2H3,(H,20,23)(H,21,22);2*1H. The van der Waals surface area contributed by atoms with Gasteiger partial charge in [0.1, 0.15) is 5.82 Å². The van der Waals surface area contributed by atoms with Crippen LogP contribution in [-0.4, -0.2) is 28.7 Å². The monoisotopic (exact) mass is 389 g/mol. The van der Waals surface area contributed by atoms with E-state index in [1.165, 1.54) is 12.1 Å². The summed E-state index contributed by atoms with van der Waals surface area (Å²) < 4.78 is 13.5. The summed E-state index contributed by atoms with van der Waals surface area (Å²) in [5.74, 6) is -0.655. The van der Waals surface area contributed by atoms with E-state index in [4.69, 9.17) is 0 Å². The van der Waals surface area contributed by atoms with Gasteiger partial charge in [0.25, 0.3) is 5.91 Å². The first kappa shape index (κ1) is 21.2. The Morgan fingerprint density at radius 1 is 1.28 bits per heavy atom. The van der Waals surface area contributed by atoms with Crippen molar-refractivity contribution in [2.24, 2.45) is 0 Å². The quantitative estimate of drug-likeness (QED) is 0.647. The fourth-order valence-corrected chi connectivity index (χ4v) is 2.65. The van der Waals surface area contributed by atoms with Crippen molar-refractivity contribution in [3.63, 3.8) is 0 Å². The third-order valence-electron chi connectivity index (χ3n) is 3.70. The van der Waals surface area contributed by atoms with Crippen LogP contribution >= 0.6 is 24.8 Å². The Balaban J connectivity index is 0.00000156. The van der Waals surface area contributed by atoms with E-state index in [1.54, 1.807) is 6.07 Å². The average Bonchev–Trinajstić information content (AvgIpc) is 2.93. The molecule has 3 rings (SSSR count). The Morgan fingerprint density at radius 3 is 2.76 bits per heavy atom. The molecule has 0 aliphatic carbocycles. The van der Waals surface area contributed by atoms with E-state index in [2.05, 4.69) is 26.1 Å². The predicted molar refractivity (Wildman–Crippen MR) is 102 cm³/mol. The van der Waals surface area contributed by atoms with Crippen LogP contribution in [0, 0.1) is 5.82 Å². The Labute approximate surface area is 158 Å². The molecule has 9 heteroatoms. The first-order chi connectivity index (χ1) is 11.0. The highest BCUT2D eigenvalue weighted by atomic mass is 35.5. The lowest BCUT2D eigenvalue weighted by atomic mass is 10.1. The zero-order valence-corrected chi connectivity index (χ0v) is 15.6. The van der Waals surface area contributed by atoms with Crippen molar-refractivity contribution in [1.82, 2.24) is 15.5 Å². The molecule has 0 saturated heterocycles. The van der Waals surface area contributed by atoms with Crippen LogP contribution < -0.4 is 16.0 Å². The van der Waals surface area contributed by atoms with Gasteiger partial charge in [-0.2, -0.15) is 5.10 Å². The second kappa shape index (κ2) is 9.03. The minimum absolute atomic E-state index is 0. The van der Waals surface area contributed by atoms with Crippen molar-refractivity contribution in [3.8, 4) is 0 Å². The van der Waals surface area contributed by atoms with Crippen LogP contribution in [0.15, 0.2) is 18.2 Å². The summed E-state index contributed by atoms with van der Waals surface area (Å²) in [6, 6.07) is 4.37. The number of carbonyl (C=O) groups is 1. The maximum Gasteiger partial charge on any atom is 0.276 e. The van der Waals surface area contributed by atoms with Crippen LogP contribution in [0.4, 0.5) is 15.8 Å². The lowest BCUT2D eigenvalue weighted by Crippen LogP contribution is -2.25. The first-order valence-electron chi connectivity index (χ1n) is 7.69. The van der Waals surface area contributed by atoms with E-state index in [-0.39, 0.29) is 42.6 Å². The molecule has 0 fully saturated rings. The number of aromatic nitrogens is 2. The smallest absolute Gasteiger partial charge is 0.276 e. The molecule has 2 aromatic rings. The molecule has 1 aromatic heterocycles. The second-order valence-electron chi connectivity index (χ2n) is 5.90. The van der Waals surface area contributed by atoms with Crippen LogP contribution in [0.25, 0.3) is 0 Å². The Morgan fingerprint density at radius 2 is 2.04 bits per heavy atom. The molecule has 1 aliphatic heterocycles. The molecule has 0 unspecified atom stereocenters. The minimum atomic E-state index is -0.354. The number of carbonyl (C=O) groups excluding carboxylic acids is 1. The largest absolute Gasteiger partial charge is 0.381 e. The number of benzene rings is 1. The lowest BCUT2D eigenvalue weighted by Gasteiger charge is -2.16. The highest BCUT2D eigenvalue weighted by Crippen LogP contribution is 2.25. The van der Waals surface area contributed by atoms with E-state index in [0.717, 1.165) is 24.2 Å². The summed E-state index contributed by atoms with van der Waals surface area (Å²) in [7, 11) is 0. The fraction of sp³-hybridized carbons (Fsp3) is 0.375. The minimum Gasteiger partial charge on any atom is -0.381 e. The summed E-state index contributed by atoms with van der Waals surface area (Å²) in [4.78, 5) is 12.5. The van der Waals surface area contributed by atoms with Gasteiger partial charge >= 0.3 is 0 Å². The average molecular weight is 390 g/mol. The van der Waals surface area contributed by atoms with Crippen LogP contribution in [0.5, 0.6) is 0 Å². The van der Waals surface area contributed by atoms with Crippen LogP contribution in [0.2, 0.25) is 0 Å². The third-order valence-corrected chi connectivity index (χ3v) is 3.70. The molecule has 138 valence electrons. The number of anilines is 2. The molecule has 0 saturated carbocycles. The molecule has 0 atom stereocenters. The zero-order chi connectivity index (χ0) is 16.4. The predicted octanol–water partition coefficient (Wildman–Crippen LogP) is 3.11. The van der Waals surface area contributed by atoms with Gasteiger partial charge in [0.05, 0.1) is 11.4 Å². The van der Waals surface area contributed by atoms with Crippen molar-refractivity contribution in [2.45, 2.75) is 32.9 Å². The number of halogens is 3. The topological polar surface area (TPSA) is 81.8 Å². The lowest BCUT2D eigenvalue weighted by molar-refractivity contribution is 0.102. The van der Waals surface area contributed by atoms with Gasteiger partial charge in [0.15, 0.2) is 5.69 Å². The van der Waals surface area contributed by atoms with Crippen LogP contribution in [0.3, 0.4) is 0 Å². The van der Waals surface area contributed by atoms with Crippen molar-refractivity contribution in [1.29, 1.82) is 0 Å². The molecule has 1 aliphatic rings. The molecular weight excluding hydrogens is 368 g/mol. The van der Waals surface area contributed by atoms with Gasteiger partial charge in [-0.3, -0.25) is 9.89 Å². The number of nitrogens with one attached hydrogen (secondary N) is 4. The molecule has 6 nitrogen and oxygen atoms in total. The first-order valence-corrected chi connectivity index (χ1v) is 7.69. The summed E-state index contributed by atoms with van der Waals surface area (Å²) in [5, 5.41) is 16.2. The van der Waals surface area contributed by atoms with Gasteiger partial charge in [-0.15, -0.1) is 24.8 Å². The molecule has 2 heterocycles. The van der Waals surface area contributed by atoms with Gasteiger partial charge < -0.3 is 16.0 Å². The molecule has 4 N–H and O–H groups in total. The number of fused-ring (bicyclic) bond motifs is 1. The van der Waals surface area contributed by atoms with Crippen LogP contribution in [0.1, 0.15) is 35.6 Å². The summed E-state index contributed by atoms with van der Waals surface area (Å²) in [6.07, 6.45) is 0.826. The van der Waals surface area contributed by atoms with Gasteiger partial charge in [0.2, 0.25) is 0 Å². The van der Waals surface area contributed by atoms with E-state index >= 15 is 0 Å². The highest BCUT2D eigenvalue weighted by molar-refractivity contribution is 6.05. The molecule has 0 bridgehead atoms. The van der Waals surface area contributed by atoms with Crippen LogP contribution in [-0.2, 0) is 13.0 Å².